The van der Waals surface area contributed by atoms with E-state index in [1.165, 1.54) is 0 Å². The third-order valence-corrected chi connectivity index (χ3v) is 5.88. The number of hydrogen-bond acceptors (Lipinski definition) is 4. The van der Waals surface area contributed by atoms with Gasteiger partial charge in [-0.15, -0.1) is 0 Å². The fourth-order valence-corrected chi connectivity index (χ4v) is 4.14. The fraction of sp³-hybridized carbons (Fsp3) is 0.143. The fourth-order valence-electron chi connectivity index (χ4n) is 4.14. The molecule has 4 aromatic rings. The summed E-state index contributed by atoms with van der Waals surface area (Å²) in [6.07, 6.45) is 1.72. The molecule has 6 nitrogen and oxygen atoms in total. The summed E-state index contributed by atoms with van der Waals surface area (Å²) in [7, 11) is 0. The zero-order chi connectivity index (χ0) is 24.1. The molecule has 0 atom stereocenters. The summed E-state index contributed by atoms with van der Waals surface area (Å²) in [5.41, 5.74) is 8.94. The molecule has 4 aromatic carbocycles. The molecule has 2 amide bonds. The highest BCUT2D eigenvalue weighted by molar-refractivity contribution is 6.12. The molecule has 0 aromatic heterocycles. The van der Waals surface area contributed by atoms with E-state index in [-0.39, 0.29) is 23.0 Å². The number of phenolic OH excluding ortho intramolecular Hbond substituents is 2. The summed E-state index contributed by atoms with van der Waals surface area (Å²) in [5.74, 6) is -0.619. The van der Waals surface area contributed by atoms with Gasteiger partial charge in [0.25, 0.3) is 5.91 Å². The second-order valence-corrected chi connectivity index (χ2v) is 8.20. The van der Waals surface area contributed by atoms with Gasteiger partial charge in [0.05, 0.1) is 11.1 Å². The SMILES string of the molecule is NC(=O)c1cc2ccccc2c(CCc2ccc(O)cc2)c1C(=O)NCCc1ccc(O)cc1. The van der Waals surface area contributed by atoms with Gasteiger partial charge in [-0.05, 0) is 77.1 Å². The topological polar surface area (TPSA) is 113 Å². The van der Waals surface area contributed by atoms with Crippen LogP contribution in [0, 0.1) is 0 Å². The lowest BCUT2D eigenvalue weighted by Crippen LogP contribution is -2.30. The molecule has 5 N–H and O–H groups in total. The van der Waals surface area contributed by atoms with E-state index < -0.39 is 5.91 Å². The molecule has 0 aliphatic heterocycles. The lowest BCUT2D eigenvalue weighted by Gasteiger charge is -2.17. The van der Waals surface area contributed by atoms with Crippen LogP contribution >= 0.6 is 0 Å². The highest BCUT2D eigenvalue weighted by atomic mass is 16.3. The summed E-state index contributed by atoms with van der Waals surface area (Å²) in [4.78, 5) is 25.7. The maximum Gasteiger partial charge on any atom is 0.252 e. The quantitative estimate of drug-likeness (QED) is 0.321. The number of amides is 2. The van der Waals surface area contributed by atoms with Crippen molar-refractivity contribution in [2.45, 2.75) is 19.3 Å². The van der Waals surface area contributed by atoms with Gasteiger partial charge in [0.1, 0.15) is 11.5 Å². The molecule has 4 rings (SSSR count). The second-order valence-electron chi connectivity index (χ2n) is 8.20. The van der Waals surface area contributed by atoms with Crippen LogP contribution in [0.4, 0.5) is 0 Å². The summed E-state index contributed by atoms with van der Waals surface area (Å²) >= 11 is 0. The van der Waals surface area contributed by atoms with Crippen molar-refractivity contribution in [2.24, 2.45) is 5.73 Å². The Labute approximate surface area is 197 Å². The van der Waals surface area contributed by atoms with Crippen molar-refractivity contribution in [1.82, 2.24) is 5.32 Å². The number of nitrogens with one attached hydrogen (secondary N) is 1. The number of fused-ring (bicyclic) bond motifs is 1. The van der Waals surface area contributed by atoms with E-state index in [0.717, 1.165) is 27.5 Å². The summed E-state index contributed by atoms with van der Waals surface area (Å²) < 4.78 is 0. The van der Waals surface area contributed by atoms with E-state index in [9.17, 15) is 19.8 Å². The van der Waals surface area contributed by atoms with Gasteiger partial charge in [-0.3, -0.25) is 9.59 Å². The van der Waals surface area contributed by atoms with Crippen molar-refractivity contribution in [2.75, 3.05) is 6.54 Å². The molecule has 0 aliphatic rings. The minimum absolute atomic E-state index is 0.188. The van der Waals surface area contributed by atoms with Gasteiger partial charge >= 0.3 is 0 Å². The predicted octanol–water partition coefficient (Wildman–Crippen LogP) is 4.11. The number of benzene rings is 4. The van der Waals surface area contributed by atoms with Crippen molar-refractivity contribution in [3.63, 3.8) is 0 Å². The zero-order valence-electron chi connectivity index (χ0n) is 18.6. The minimum atomic E-state index is -0.652. The van der Waals surface area contributed by atoms with Crippen LogP contribution in [0.5, 0.6) is 11.5 Å². The lowest BCUT2D eigenvalue weighted by atomic mass is 9.89. The van der Waals surface area contributed by atoms with E-state index in [4.69, 9.17) is 5.73 Å². The number of rotatable bonds is 8. The third-order valence-electron chi connectivity index (χ3n) is 5.88. The maximum atomic E-state index is 13.3. The lowest BCUT2D eigenvalue weighted by molar-refractivity contribution is 0.0935. The largest absolute Gasteiger partial charge is 0.508 e. The normalized spacial score (nSPS) is 10.8. The predicted molar refractivity (Wildman–Crippen MR) is 132 cm³/mol. The van der Waals surface area contributed by atoms with Gasteiger partial charge in [0, 0.05) is 6.54 Å². The smallest absolute Gasteiger partial charge is 0.252 e. The Morgan fingerprint density at radius 3 is 1.97 bits per heavy atom. The van der Waals surface area contributed by atoms with Crippen LogP contribution in [0.25, 0.3) is 10.8 Å². The van der Waals surface area contributed by atoms with Crippen molar-refractivity contribution in [1.29, 1.82) is 0 Å². The molecule has 0 spiro atoms. The molecule has 0 saturated heterocycles. The number of carbonyl (C=O) groups excluding carboxylic acids is 2. The van der Waals surface area contributed by atoms with E-state index in [1.807, 2.05) is 36.4 Å². The monoisotopic (exact) mass is 454 g/mol. The molecule has 0 heterocycles. The van der Waals surface area contributed by atoms with Crippen molar-refractivity contribution in [3.05, 3.63) is 107 Å². The number of primary amides is 1. The molecule has 172 valence electrons. The highest BCUT2D eigenvalue weighted by Crippen LogP contribution is 2.28. The molecular formula is C28H26N2O4. The average Bonchev–Trinajstić information content (AvgIpc) is 2.84. The van der Waals surface area contributed by atoms with Crippen LogP contribution in [-0.2, 0) is 19.3 Å². The highest BCUT2D eigenvalue weighted by Gasteiger charge is 2.22. The molecule has 0 bridgehead atoms. The van der Waals surface area contributed by atoms with Crippen molar-refractivity contribution < 1.29 is 19.8 Å². The number of phenols is 2. The molecule has 34 heavy (non-hydrogen) atoms. The first-order chi connectivity index (χ1) is 16.4. The van der Waals surface area contributed by atoms with Gasteiger partial charge in [-0.2, -0.15) is 0 Å². The maximum absolute atomic E-state index is 13.3. The standard InChI is InChI=1S/C28H26N2O4/c29-27(33)25-17-20-3-1-2-4-23(20)24(14-9-18-5-10-21(31)11-6-18)26(25)28(34)30-16-15-19-7-12-22(32)13-8-19/h1-8,10-13,17,31-32H,9,14-16H2,(H2,29,33)(H,30,34). The van der Waals surface area contributed by atoms with Gasteiger partial charge in [-0.25, -0.2) is 0 Å². The van der Waals surface area contributed by atoms with E-state index in [0.29, 0.717) is 31.4 Å². The van der Waals surface area contributed by atoms with E-state index in [1.54, 1.807) is 42.5 Å². The molecular weight excluding hydrogens is 428 g/mol. The Morgan fingerprint density at radius 1 is 0.765 bits per heavy atom. The molecule has 0 radical (unpaired) electrons. The number of nitrogens with two attached hydrogens (primary N) is 1. The van der Waals surface area contributed by atoms with Crippen molar-refractivity contribution in [3.8, 4) is 11.5 Å². The second kappa shape index (κ2) is 10.1. The first-order valence-corrected chi connectivity index (χ1v) is 11.1. The Hall–Kier alpha value is -4.32. The molecule has 0 saturated carbocycles. The average molecular weight is 455 g/mol. The van der Waals surface area contributed by atoms with Crippen LogP contribution in [0.1, 0.15) is 37.4 Å². The van der Waals surface area contributed by atoms with Gasteiger partial charge in [0.2, 0.25) is 5.91 Å². The number of aromatic hydroxyl groups is 2. The van der Waals surface area contributed by atoms with Crippen LogP contribution in [0.15, 0.2) is 78.9 Å². The Kier molecular flexibility index (Phi) is 6.78. The first kappa shape index (κ1) is 22.9. The zero-order valence-corrected chi connectivity index (χ0v) is 18.6. The van der Waals surface area contributed by atoms with Crippen LogP contribution in [0.3, 0.4) is 0 Å². The number of carbonyl (C=O) groups is 2. The van der Waals surface area contributed by atoms with Gasteiger partial charge in [-0.1, -0.05) is 48.5 Å². The summed E-state index contributed by atoms with van der Waals surface area (Å²) in [6.45, 7) is 0.367. The Bertz CT molecular complexity index is 1330. The van der Waals surface area contributed by atoms with Crippen LogP contribution in [0.2, 0.25) is 0 Å². The van der Waals surface area contributed by atoms with Crippen LogP contribution in [-0.4, -0.2) is 28.6 Å². The molecule has 0 fully saturated rings. The molecule has 6 heteroatoms. The Balaban J connectivity index is 1.66. The number of hydrogen-bond donors (Lipinski definition) is 4. The summed E-state index contributed by atoms with van der Waals surface area (Å²) in [5, 5.41) is 23.7. The minimum Gasteiger partial charge on any atom is -0.508 e. The van der Waals surface area contributed by atoms with Gasteiger partial charge in [0.15, 0.2) is 0 Å². The number of aryl methyl sites for hydroxylation is 2. The van der Waals surface area contributed by atoms with Gasteiger partial charge < -0.3 is 21.3 Å². The summed E-state index contributed by atoms with van der Waals surface area (Å²) in [6, 6.07) is 23.1. The molecule has 0 unspecified atom stereocenters. The van der Waals surface area contributed by atoms with Crippen molar-refractivity contribution >= 4 is 22.6 Å². The molecule has 0 aliphatic carbocycles. The van der Waals surface area contributed by atoms with Crippen LogP contribution < -0.4 is 11.1 Å². The third kappa shape index (κ3) is 5.18. The Morgan fingerprint density at radius 2 is 1.35 bits per heavy atom. The van der Waals surface area contributed by atoms with E-state index in [2.05, 4.69) is 5.32 Å². The first-order valence-electron chi connectivity index (χ1n) is 11.1. The van der Waals surface area contributed by atoms with E-state index >= 15 is 0 Å².